The zero-order valence-electron chi connectivity index (χ0n) is 7.88. The van der Waals surface area contributed by atoms with Crippen molar-refractivity contribution in [1.82, 2.24) is 10.6 Å². The average molecular weight is 186 g/mol. The fraction of sp³-hybridized carbons (Fsp3) is 0.889. The van der Waals surface area contributed by atoms with Gasteiger partial charge in [-0.15, -0.1) is 0 Å². The molecule has 0 unspecified atom stereocenters. The molecule has 3 N–H and O–H groups in total. The number of carbonyl (C=O) groups is 1. The third kappa shape index (κ3) is 4.24. The van der Waals surface area contributed by atoms with Crippen LogP contribution in [0.3, 0.4) is 0 Å². The number of carboxylic acids is 1. The van der Waals surface area contributed by atoms with Gasteiger partial charge in [0.05, 0.1) is 0 Å². The van der Waals surface area contributed by atoms with Gasteiger partial charge in [0, 0.05) is 0 Å². The Balaban J connectivity index is 0.000000145. The predicted octanol–water partition coefficient (Wildman–Crippen LogP) is 0.193. The molecule has 0 amide bonds. The summed E-state index contributed by atoms with van der Waals surface area (Å²) in [7, 11) is 0. The summed E-state index contributed by atoms with van der Waals surface area (Å²) in [4.78, 5) is 10.1. The number of nitrogens with one attached hydrogen (secondary N) is 2. The Labute approximate surface area is 78.7 Å². The maximum Gasteiger partial charge on any atom is 0.320 e. The predicted molar refractivity (Wildman–Crippen MR) is 50.8 cm³/mol. The van der Waals surface area contributed by atoms with Crippen LogP contribution in [-0.4, -0.2) is 36.8 Å². The molecule has 1 atom stereocenters. The molecule has 0 saturated carbocycles. The average Bonchev–Trinajstić information content (AvgIpc) is 2.82. The molecule has 0 aliphatic carbocycles. The van der Waals surface area contributed by atoms with Crippen LogP contribution in [-0.2, 0) is 4.79 Å². The van der Waals surface area contributed by atoms with Gasteiger partial charge < -0.3 is 15.7 Å². The van der Waals surface area contributed by atoms with Gasteiger partial charge in [0.25, 0.3) is 0 Å². The molecule has 0 aromatic rings. The van der Waals surface area contributed by atoms with Gasteiger partial charge in [-0.2, -0.15) is 0 Å². The minimum Gasteiger partial charge on any atom is -0.480 e. The van der Waals surface area contributed by atoms with Crippen molar-refractivity contribution in [3.05, 3.63) is 0 Å². The Kier molecular flexibility index (Phi) is 4.78. The van der Waals surface area contributed by atoms with E-state index in [0.29, 0.717) is 0 Å². The Morgan fingerprint density at radius 1 is 1.15 bits per heavy atom. The summed E-state index contributed by atoms with van der Waals surface area (Å²) in [6.45, 7) is 3.36. The van der Waals surface area contributed by atoms with Crippen molar-refractivity contribution in [2.24, 2.45) is 0 Å². The summed E-state index contributed by atoms with van der Waals surface area (Å²) in [5.74, 6) is -0.720. The minimum absolute atomic E-state index is 0.269. The van der Waals surface area contributed by atoms with Crippen LogP contribution in [0.2, 0.25) is 0 Å². The molecule has 0 bridgehead atoms. The second-order valence-corrected chi connectivity index (χ2v) is 3.44. The first-order chi connectivity index (χ1) is 6.30. The molecule has 2 heterocycles. The lowest BCUT2D eigenvalue weighted by Crippen LogP contribution is -2.29. The SMILES string of the molecule is C1CCNC1.O=C(O)[C@H]1CCCN1. The first-order valence-electron chi connectivity index (χ1n) is 4.97. The van der Waals surface area contributed by atoms with Crippen LogP contribution in [0.4, 0.5) is 0 Å². The van der Waals surface area contributed by atoms with Crippen molar-refractivity contribution < 1.29 is 9.90 Å². The standard InChI is InChI=1S/C5H9NO2.C4H9N/c7-5(8)4-2-1-3-6-4;1-2-4-5-3-1/h4,6H,1-3H2,(H,7,8);5H,1-4H2/t4-;/m1./s1. The molecule has 2 rings (SSSR count). The molecular weight excluding hydrogens is 168 g/mol. The lowest BCUT2D eigenvalue weighted by molar-refractivity contribution is -0.139. The number of aliphatic carboxylic acids is 1. The molecule has 2 fully saturated rings. The highest BCUT2D eigenvalue weighted by Crippen LogP contribution is 2.03. The maximum absolute atomic E-state index is 10.1. The van der Waals surface area contributed by atoms with E-state index in [9.17, 15) is 4.79 Å². The van der Waals surface area contributed by atoms with E-state index in [0.717, 1.165) is 19.4 Å². The first kappa shape index (κ1) is 10.5. The van der Waals surface area contributed by atoms with Gasteiger partial charge in [-0.1, -0.05) is 0 Å². The van der Waals surface area contributed by atoms with Crippen LogP contribution in [0.5, 0.6) is 0 Å². The van der Waals surface area contributed by atoms with Crippen LogP contribution in [0, 0.1) is 0 Å². The molecule has 2 saturated heterocycles. The lowest BCUT2D eigenvalue weighted by atomic mass is 10.2. The summed E-state index contributed by atoms with van der Waals surface area (Å²) < 4.78 is 0. The second-order valence-electron chi connectivity index (χ2n) is 3.44. The Hall–Kier alpha value is -0.610. The molecule has 4 heteroatoms. The van der Waals surface area contributed by atoms with Gasteiger partial charge in [0.2, 0.25) is 0 Å². The summed E-state index contributed by atoms with van der Waals surface area (Å²) >= 11 is 0. The van der Waals surface area contributed by atoms with Gasteiger partial charge in [-0.05, 0) is 45.3 Å². The topological polar surface area (TPSA) is 61.4 Å². The van der Waals surface area contributed by atoms with E-state index in [1.165, 1.54) is 25.9 Å². The highest BCUT2D eigenvalue weighted by molar-refractivity contribution is 5.73. The van der Waals surface area contributed by atoms with Crippen LogP contribution in [0.25, 0.3) is 0 Å². The molecule has 0 spiro atoms. The summed E-state index contributed by atoms with van der Waals surface area (Å²) in [5, 5.41) is 14.4. The van der Waals surface area contributed by atoms with E-state index in [1.54, 1.807) is 0 Å². The van der Waals surface area contributed by atoms with E-state index in [4.69, 9.17) is 5.11 Å². The van der Waals surface area contributed by atoms with Gasteiger partial charge in [-0.25, -0.2) is 0 Å². The molecule has 0 radical (unpaired) electrons. The Morgan fingerprint density at radius 2 is 1.85 bits per heavy atom. The summed E-state index contributed by atoms with van der Waals surface area (Å²) in [5.41, 5.74) is 0. The summed E-state index contributed by atoms with van der Waals surface area (Å²) in [6.07, 6.45) is 4.56. The molecule has 4 nitrogen and oxygen atoms in total. The molecule has 0 aromatic heterocycles. The van der Waals surface area contributed by atoms with E-state index >= 15 is 0 Å². The van der Waals surface area contributed by atoms with Crippen molar-refractivity contribution in [2.75, 3.05) is 19.6 Å². The Morgan fingerprint density at radius 3 is 2.08 bits per heavy atom. The maximum atomic E-state index is 10.1. The number of rotatable bonds is 1. The number of hydrogen-bond acceptors (Lipinski definition) is 3. The van der Waals surface area contributed by atoms with Gasteiger partial charge in [0.1, 0.15) is 6.04 Å². The van der Waals surface area contributed by atoms with E-state index in [1.807, 2.05) is 0 Å². The molecular formula is C9H18N2O2. The fourth-order valence-corrected chi connectivity index (χ4v) is 1.52. The van der Waals surface area contributed by atoms with Gasteiger partial charge in [-0.3, -0.25) is 4.79 Å². The fourth-order valence-electron chi connectivity index (χ4n) is 1.52. The van der Waals surface area contributed by atoms with Gasteiger partial charge in [0.15, 0.2) is 0 Å². The van der Waals surface area contributed by atoms with Gasteiger partial charge >= 0.3 is 5.97 Å². The highest BCUT2D eigenvalue weighted by atomic mass is 16.4. The third-order valence-corrected chi connectivity index (χ3v) is 2.32. The monoisotopic (exact) mass is 186 g/mol. The van der Waals surface area contributed by atoms with E-state index in [-0.39, 0.29) is 6.04 Å². The third-order valence-electron chi connectivity index (χ3n) is 2.32. The van der Waals surface area contributed by atoms with Crippen LogP contribution in [0.15, 0.2) is 0 Å². The quantitative estimate of drug-likeness (QED) is 0.547. The molecule has 0 aromatic carbocycles. The molecule has 13 heavy (non-hydrogen) atoms. The van der Waals surface area contributed by atoms with Crippen molar-refractivity contribution >= 4 is 5.97 Å². The Bertz CT molecular complexity index is 144. The van der Waals surface area contributed by atoms with E-state index < -0.39 is 5.97 Å². The van der Waals surface area contributed by atoms with Crippen LogP contribution >= 0.6 is 0 Å². The first-order valence-corrected chi connectivity index (χ1v) is 4.97. The largest absolute Gasteiger partial charge is 0.480 e. The van der Waals surface area contributed by atoms with Crippen molar-refractivity contribution in [3.8, 4) is 0 Å². The summed E-state index contributed by atoms with van der Waals surface area (Å²) in [6, 6.07) is -0.269. The normalized spacial score (nSPS) is 26.6. The molecule has 2 aliphatic heterocycles. The van der Waals surface area contributed by atoms with Crippen LogP contribution in [0.1, 0.15) is 25.7 Å². The van der Waals surface area contributed by atoms with Crippen molar-refractivity contribution in [1.29, 1.82) is 0 Å². The highest BCUT2D eigenvalue weighted by Gasteiger charge is 2.20. The van der Waals surface area contributed by atoms with Crippen LogP contribution < -0.4 is 10.6 Å². The van der Waals surface area contributed by atoms with Crippen molar-refractivity contribution in [3.63, 3.8) is 0 Å². The smallest absolute Gasteiger partial charge is 0.320 e. The zero-order chi connectivity index (χ0) is 9.52. The van der Waals surface area contributed by atoms with E-state index in [2.05, 4.69) is 10.6 Å². The minimum atomic E-state index is -0.720. The lowest BCUT2D eigenvalue weighted by Gasteiger charge is -1.99. The second kappa shape index (κ2) is 5.94. The van der Waals surface area contributed by atoms with Crippen molar-refractivity contribution in [2.45, 2.75) is 31.7 Å². The number of hydrogen-bond donors (Lipinski definition) is 3. The number of carboxylic acid groups (broad SMARTS) is 1. The molecule has 76 valence electrons. The zero-order valence-corrected chi connectivity index (χ0v) is 7.88. The molecule has 2 aliphatic rings.